The molecule has 4 nitrogen and oxygen atoms in total. The molecule has 1 amide bonds. The molecule has 1 N–H and O–H groups in total. The van der Waals surface area contributed by atoms with Gasteiger partial charge in [-0.05, 0) is 66.5 Å². The summed E-state index contributed by atoms with van der Waals surface area (Å²) in [7, 11) is 0. The molecule has 1 saturated heterocycles. The van der Waals surface area contributed by atoms with Crippen LogP contribution in [0.4, 0.5) is 0 Å². The average molecular weight is 527 g/mol. The van der Waals surface area contributed by atoms with Crippen molar-refractivity contribution < 1.29 is 9.59 Å². The number of halogens is 2. The second kappa shape index (κ2) is 9.62. The van der Waals surface area contributed by atoms with Crippen molar-refractivity contribution in [2.24, 2.45) is 5.92 Å². The minimum absolute atomic E-state index is 0.0170. The number of thiocarbonyl (C=S) groups is 1. The van der Waals surface area contributed by atoms with Crippen molar-refractivity contribution >= 4 is 69.6 Å². The summed E-state index contributed by atoms with van der Waals surface area (Å²) in [4.78, 5) is 29.9. The minimum atomic E-state index is -0.608. The lowest BCUT2D eigenvalue weighted by Gasteiger charge is -2.25. The van der Waals surface area contributed by atoms with Crippen molar-refractivity contribution in [2.45, 2.75) is 25.3 Å². The molecule has 2 aliphatic rings. The topological polar surface area (TPSA) is 49.4 Å². The van der Waals surface area contributed by atoms with Crippen LogP contribution in [-0.4, -0.2) is 27.7 Å². The maximum Gasteiger partial charge on any atom is 0.277 e. The highest BCUT2D eigenvalue weighted by Gasteiger charge is 2.44. The van der Waals surface area contributed by atoms with Gasteiger partial charge >= 0.3 is 0 Å². The molecular weight excluding hydrogens is 507 g/mol. The van der Waals surface area contributed by atoms with E-state index in [-0.39, 0.29) is 22.7 Å². The summed E-state index contributed by atoms with van der Waals surface area (Å²) in [6.45, 7) is 0. The molecule has 1 saturated carbocycles. The van der Waals surface area contributed by atoms with Crippen molar-refractivity contribution in [3.05, 3.63) is 86.8 Å². The zero-order valence-electron chi connectivity index (χ0n) is 18.0. The SMILES string of the molecule is O=C(C1CC1)C(Cc1ccccc1)N1C(=O)/C(=C\c2ccc(-c3ccc(Cl)c(Cl)c3)s2)NC1=S. The molecule has 2 fully saturated rings. The summed E-state index contributed by atoms with van der Waals surface area (Å²) in [6.07, 6.45) is 3.97. The Labute approximate surface area is 217 Å². The fourth-order valence-corrected chi connectivity index (χ4v) is 5.57. The Kier molecular flexibility index (Phi) is 6.58. The van der Waals surface area contributed by atoms with Crippen LogP contribution in [0.1, 0.15) is 23.3 Å². The molecule has 2 aromatic carbocycles. The van der Waals surface area contributed by atoms with Crippen LogP contribution < -0.4 is 5.32 Å². The summed E-state index contributed by atoms with van der Waals surface area (Å²) in [5, 5.41) is 4.30. The Bertz CT molecular complexity index is 1320. The number of rotatable bonds is 7. The van der Waals surface area contributed by atoms with Gasteiger partial charge in [-0.1, -0.05) is 59.6 Å². The Hall–Kier alpha value is -2.51. The van der Waals surface area contributed by atoms with Gasteiger partial charge in [-0.15, -0.1) is 11.3 Å². The lowest BCUT2D eigenvalue weighted by atomic mass is 9.98. The molecule has 3 aromatic rings. The number of carbonyl (C=O) groups is 2. The van der Waals surface area contributed by atoms with E-state index < -0.39 is 6.04 Å². The number of nitrogens with one attached hydrogen (secondary N) is 1. The smallest absolute Gasteiger partial charge is 0.277 e. The number of Topliss-reactive ketones (excluding diaryl/α,β-unsaturated/α-hetero) is 1. The predicted molar refractivity (Wildman–Crippen MR) is 142 cm³/mol. The van der Waals surface area contributed by atoms with Crippen LogP contribution in [0, 0.1) is 5.92 Å². The van der Waals surface area contributed by atoms with Crippen LogP contribution in [0.3, 0.4) is 0 Å². The highest BCUT2D eigenvalue weighted by molar-refractivity contribution is 7.80. The number of amides is 1. The van der Waals surface area contributed by atoms with E-state index in [2.05, 4.69) is 5.32 Å². The highest BCUT2D eigenvalue weighted by Crippen LogP contribution is 2.35. The number of ketones is 1. The largest absolute Gasteiger partial charge is 0.328 e. The summed E-state index contributed by atoms with van der Waals surface area (Å²) in [5.41, 5.74) is 2.32. The number of hydrogen-bond acceptors (Lipinski definition) is 4. The molecule has 1 aliphatic heterocycles. The summed E-state index contributed by atoms with van der Waals surface area (Å²) < 4.78 is 0. The van der Waals surface area contributed by atoms with E-state index in [0.29, 0.717) is 22.2 Å². The molecule has 5 rings (SSSR count). The minimum Gasteiger partial charge on any atom is -0.328 e. The number of carbonyl (C=O) groups excluding carboxylic acids is 2. The molecule has 2 heterocycles. The van der Waals surface area contributed by atoms with Crippen LogP contribution in [0.25, 0.3) is 16.5 Å². The van der Waals surface area contributed by atoms with E-state index in [1.807, 2.05) is 54.6 Å². The van der Waals surface area contributed by atoms with Crippen LogP contribution in [0.15, 0.2) is 66.4 Å². The van der Waals surface area contributed by atoms with E-state index in [1.165, 1.54) is 16.2 Å². The molecule has 0 spiro atoms. The predicted octanol–water partition coefficient (Wildman–Crippen LogP) is 6.37. The monoisotopic (exact) mass is 526 g/mol. The van der Waals surface area contributed by atoms with Gasteiger partial charge in [0.15, 0.2) is 10.9 Å². The number of benzene rings is 2. The van der Waals surface area contributed by atoms with Gasteiger partial charge in [0.25, 0.3) is 5.91 Å². The van der Waals surface area contributed by atoms with E-state index >= 15 is 0 Å². The second-order valence-corrected chi connectivity index (χ2v) is 10.7. The van der Waals surface area contributed by atoms with Crippen molar-refractivity contribution in [3.63, 3.8) is 0 Å². The Balaban J connectivity index is 1.40. The Morgan fingerprint density at radius 1 is 1.12 bits per heavy atom. The molecule has 1 unspecified atom stereocenters. The maximum absolute atomic E-state index is 13.4. The molecule has 34 heavy (non-hydrogen) atoms. The quantitative estimate of drug-likeness (QED) is 0.287. The summed E-state index contributed by atoms with van der Waals surface area (Å²) in [5.74, 6) is -0.173. The van der Waals surface area contributed by atoms with Gasteiger partial charge in [-0.3, -0.25) is 14.5 Å². The van der Waals surface area contributed by atoms with Crippen molar-refractivity contribution in [1.29, 1.82) is 0 Å². The van der Waals surface area contributed by atoms with Gasteiger partial charge in [0.05, 0.1) is 10.0 Å². The lowest BCUT2D eigenvalue weighted by molar-refractivity contribution is -0.132. The number of hydrogen-bond donors (Lipinski definition) is 1. The maximum atomic E-state index is 13.4. The fourth-order valence-electron chi connectivity index (χ4n) is 4.01. The van der Waals surface area contributed by atoms with Gasteiger partial charge in [0.1, 0.15) is 11.7 Å². The second-order valence-electron chi connectivity index (χ2n) is 8.38. The van der Waals surface area contributed by atoms with Crippen LogP contribution >= 0.6 is 46.8 Å². The molecule has 0 bridgehead atoms. The standard InChI is InChI=1S/C26H20Cl2N2O2S2/c27-19-10-8-17(13-20(19)28)23-11-9-18(34-23)14-21-25(32)30(26(33)29-21)22(24(31)16-6-7-16)12-15-4-2-1-3-5-15/h1-5,8-11,13-14,16,22H,6-7,12H2,(H,29,33)/b21-14+. The van der Waals surface area contributed by atoms with Gasteiger partial charge in [0.2, 0.25) is 0 Å². The molecule has 8 heteroatoms. The van der Waals surface area contributed by atoms with Gasteiger partial charge in [-0.25, -0.2) is 0 Å². The van der Waals surface area contributed by atoms with Gasteiger partial charge in [-0.2, -0.15) is 0 Å². The normalized spacial score (nSPS) is 17.8. The molecule has 0 radical (unpaired) electrons. The molecule has 1 aromatic heterocycles. The zero-order chi connectivity index (χ0) is 23.8. The lowest BCUT2D eigenvalue weighted by Crippen LogP contribution is -2.47. The van der Waals surface area contributed by atoms with Gasteiger partial charge < -0.3 is 5.32 Å². The zero-order valence-corrected chi connectivity index (χ0v) is 21.1. The van der Waals surface area contributed by atoms with Gasteiger partial charge in [0, 0.05) is 22.1 Å². The summed E-state index contributed by atoms with van der Waals surface area (Å²) >= 11 is 19.2. The van der Waals surface area contributed by atoms with E-state index in [0.717, 1.165) is 33.7 Å². The van der Waals surface area contributed by atoms with Crippen LogP contribution in [0.5, 0.6) is 0 Å². The van der Waals surface area contributed by atoms with E-state index in [1.54, 1.807) is 12.1 Å². The molecule has 1 atom stereocenters. The third-order valence-electron chi connectivity index (χ3n) is 5.92. The number of thiophene rings is 1. The van der Waals surface area contributed by atoms with Crippen molar-refractivity contribution in [1.82, 2.24) is 10.2 Å². The number of nitrogens with zero attached hydrogens (tertiary/aromatic N) is 1. The van der Waals surface area contributed by atoms with Crippen molar-refractivity contribution in [2.75, 3.05) is 0 Å². The Morgan fingerprint density at radius 2 is 1.88 bits per heavy atom. The van der Waals surface area contributed by atoms with Crippen molar-refractivity contribution in [3.8, 4) is 10.4 Å². The van der Waals surface area contributed by atoms with Crippen LogP contribution in [0.2, 0.25) is 10.0 Å². The first kappa shape index (κ1) is 23.2. The molecule has 172 valence electrons. The average Bonchev–Trinajstić information content (AvgIpc) is 3.52. The summed E-state index contributed by atoms with van der Waals surface area (Å²) in [6, 6.07) is 18.5. The van der Waals surface area contributed by atoms with E-state index in [4.69, 9.17) is 35.4 Å². The van der Waals surface area contributed by atoms with E-state index in [9.17, 15) is 9.59 Å². The highest BCUT2D eigenvalue weighted by atomic mass is 35.5. The van der Waals surface area contributed by atoms with Crippen LogP contribution in [-0.2, 0) is 16.0 Å². The Morgan fingerprint density at radius 3 is 2.59 bits per heavy atom. The molecular formula is C26H20Cl2N2O2S2. The fraction of sp³-hybridized carbons (Fsp3) is 0.192. The third-order valence-corrected chi connectivity index (χ3v) is 8.04. The molecule has 1 aliphatic carbocycles. The third kappa shape index (κ3) is 4.82. The first-order valence-corrected chi connectivity index (χ1v) is 12.9. The first-order valence-electron chi connectivity index (χ1n) is 10.9. The first-order chi connectivity index (χ1) is 16.4.